The van der Waals surface area contributed by atoms with E-state index in [4.69, 9.17) is 0 Å². The second kappa shape index (κ2) is 9.34. The van der Waals surface area contributed by atoms with E-state index in [-0.39, 0.29) is 27.1 Å². The summed E-state index contributed by atoms with van der Waals surface area (Å²) >= 11 is 0. The van der Waals surface area contributed by atoms with Gasteiger partial charge < -0.3 is 9.13 Å². The van der Waals surface area contributed by atoms with Crippen molar-refractivity contribution in [3.8, 4) is 22.5 Å². The minimum absolute atomic E-state index is 0.0274. The molecule has 0 saturated carbocycles. The maximum absolute atomic E-state index is 2.63. The molecule has 0 bridgehead atoms. The van der Waals surface area contributed by atoms with Gasteiger partial charge in [-0.2, -0.15) is 0 Å². The number of hydrogen-bond acceptors (Lipinski definition) is 0. The molecule has 11 rings (SSSR count). The summed E-state index contributed by atoms with van der Waals surface area (Å²) in [6, 6.07) is 42.1. The van der Waals surface area contributed by atoms with Crippen molar-refractivity contribution < 1.29 is 0 Å². The van der Waals surface area contributed by atoms with Crippen molar-refractivity contribution in [2.24, 2.45) is 5.41 Å². The second-order valence-electron chi connectivity index (χ2n) is 19.1. The minimum atomic E-state index is -0.160. The molecule has 3 aliphatic rings. The highest BCUT2D eigenvalue weighted by Crippen LogP contribution is 2.64. The van der Waals surface area contributed by atoms with E-state index in [1.807, 2.05) is 0 Å². The second-order valence-corrected chi connectivity index (χ2v) is 19.1. The van der Waals surface area contributed by atoms with Crippen LogP contribution in [0.1, 0.15) is 103 Å². The fourth-order valence-electron chi connectivity index (χ4n) is 11.4. The molecule has 0 saturated heterocycles. The summed E-state index contributed by atoms with van der Waals surface area (Å²) in [6.07, 6.45) is 0. The van der Waals surface area contributed by atoms with Crippen molar-refractivity contribution >= 4 is 43.6 Å². The third kappa shape index (κ3) is 3.40. The van der Waals surface area contributed by atoms with E-state index in [1.165, 1.54) is 99.5 Å². The Labute approximate surface area is 313 Å². The van der Waals surface area contributed by atoms with Gasteiger partial charge in [-0.15, -0.1) is 0 Å². The lowest BCUT2D eigenvalue weighted by Crippen LogP contribution is -2.42. The van der Waals surface area contributed by atoms with E-state index in [0.717, 1.165) is 0 Å². The largest absolute Gasteiger partial charge is 0.309 e. The molecule has 0 unspecified atom stereocenters. The number of nitrogens with zero attached hydrogens (tertiary/aromatic N) is 2. The Morgan fingerprint density at radius 3 is 1.77 bits per heavy atom. The first-order valence-electron chi connectivity index (χ1n) is 19.5. The molecule has 2 aliphatic heterocycles. The van der Waals surface area contributed by atoms with Gasteiger partial charge in [-0.3, -0.25) is 0 Å². The number of aromatic nitrogens is 2. The monoisotopic (exact) mass is 688 g/mol. The molecule has 0 radical (unpaired) electrons. The van der Waals surface area contributed by atoms with Gasteiger partial charge in [0.25, 0.3) is 0 Å². The van der Waals surface area contributed by atoms with Gasteiger partial charge >= 0.3 is 0 Å². The third-order valence-corrected chi connectivity index (χ3v) is 15.5. The topological polar surface area (TPSA) is 9.86 Å². The molecule has 262 valence electrons. The van der Waals surface area contributed by atoms with Crippen molar-refractivity contribution in [2.45, 2.75) is 90.9 Å². The van der Waals surface area contributed by atoms with Gasteiger partial charge in [0, 0.05) is 38.1 Å². The first-order valence-corrected chi connectivity index (χ1v) is 19.5. The van der Waals surface area contributed by atoms with Gasteiger partial charge in [-0.05, 0) is 103 Å². The lowest BCUT2D eigenvalue weighted by Gasteiger charge is -2.44. The Morgan fingerprint density at radius 2 is 1.04 bits per heavy atom. The summed E-state index contributed by atoms with van der Waals surface area (Å²) in [7, 11) is 0. The number of fused-ring (bicyclic) bond motifs is 6. The first-order chi connectivity index (χ1) is 25.1. The molecule has 2 heteroatoms. The quantitative estimate of drug-likeness (QED) is 0.171. The van der Waals surface area contributed by atoms with Crippen LogP contribution >= 0.6 is 0 Å². The van der Waals surface area contributed by atoms with Crippen LogP contribution in [0.4, 0.5) is 0 Å². The highest BCUT2D eigenvalue weighted by molar-refractivity contribution is 6.16. The number of para-hydroxylation sites is 3. The lowest BCUT2D eigenvalue weighted by molar-refractivity contribution is 0.125. The SMILES string of the molecule is CC1(C)c2cccc3c2-n2c4c1cccc4c1cc(-c4ccc5c(c4)c4c6c(ccc4n5-c4ccccc4)C(C)(C)C(C)(C)C6(C)C)cc(c12)C3(C)C. The normalized spacial score (nSPS) is 19.1. The van der Waals surface area contributed by atoms with E-state index in [9.17, 15) is 0 Å². The van der Waals surface area contributed by atoms with Crippen LogP contribution in [0.5, 0.6) is 0 Å². The van der Waals surface area contributed by atoms with Crippen molar-refractivity contribution in [1.82, 2.24) is 9.13 Å². The van der Waals surface area contributed by atoms with Crippen LogP contribution in [0.2, 0.25) is 0 Å². The van der Waals surface area contributed by atoms with Crippen molar-refractivity contribution in [2.75, 3.05) is 0 Å². The highest BCUT2D eigenvalue weighted by Gasteiger charge is 2.57. The summed E-state index contributed by atoms with van der Waals surface area (Å²) in [5.41, 5.74) is 19.0. The molecule has 0 spiro atoms. The molecule has 0 amide bonds. The Balaban J connectivity index is 1.26. The van der Waals surface area contributed by atoms with Gasteiger partial charge in [0.15, 0.2) is 0 Å². The van der Waals surface area contributed by atoms with Crippen LogP contribution in [0.3, 0.4) is 0 Å². The summed E-state index contributed by atoms with van der Waals surface area (Å²) in [5, 5.41) is 5.47. The lowest BCUT2D eigenvalue weighted by atomic mass is 9.59. The maximum atomic E-state index is 2.63. The van der Waals surface area contributed by atoms with Gasteiger partial charge in [-0.25, -0.2) is 0 Å². The molecule has 53 heavy (non-hydrogen) atoms. The Bertz CT molecular complexity index is 2950. The number of hydrogen-bond donors (Lipinski definition) is 0. The molecular weight excluding hydrogens is 641 g/mol. The summed E-state index contributed by atoms with van der Waals surface area (Å²) in [6.45, 7) is 24.5. The maximum Gasteiger partial charge on any atom is 0.0582 e. The van der Waals surface area contributed by atoms with Crippen LogP contribution < -0.4 is 0 Å². The average molecular weight is 689 g/mol. The third-order valence-electron chi connectivity index (χ3n) is 15.5. The molecule has 2 nitrogen and oxygen atoms in total. The Morgan fingerprint density at radius 1 is 0.415 bits per heavy atom. The molecule has 8 aromatic rings. The molecule has 0 fully saturated rings. The van der Waals surface area contributed by atoms with Gasteiger partial charge in [-0.1, -0.05) is 136 Å². The zero-order valence-electron chi connectivity index (χ0n) is 32.8. The van der Waals surface area contributed by atoms with Gasteiger partial charge in [0.1, 0.15) is 0 Å². The molecule has 1 aliphatic carbocycles. The van der Waals surface area contributed by atoms with Gasteiger partial charge in [0.05, 0.1) is 27.8 Å². The van der Waals surface area contributed by atoms with Crippen molar-refractivity contribution in [1.29, 1.82) is 0 Å². The van der Waals surface area contributed by atoms with E-state index >= 15 is 0 Å². The standard InChI is InChI=1S/C51H48N2/c1-47(2)36-19-14-18-32-33-27-30(28-39-45(33)53(44(32)36)46-37(47)20-15-21-38(46)48(39,3)4)29-22-24-40-34(26-29)42-41(52(40)31-16-12-11-13-17-31)25-23-35-43(42)50(7,8)51(9,10)49(35,5)6/h11-28H,1-10H3. The predicted molar refractivity (Wildman–Crippen MR) is 225 cm³/mol. The van der Waals surface area contributed by atoms with E-state index in [0.29, 0.717) is 0 Å². The van der Waals surface area contributed by atoms with Gasteiger partial charge in [0.2, 0.25) is 0 Å². The number of benzene rings is 6. The fraction of sp³-hybridized carbons (Fsp3) is 0.294. The van der Waals surface area contributed by atoms with Crippen LogP contribution in [0.25, 0.3) is 66.1 Å². The van der Waals surface area contributed by atoms with Crippen LogP contribution in [0.15, 0.2) is 109 Å². The molecule has 0 atom stereocenters. The van der Waals surface area contributed by atoms with Crippen molar-refractivity contribution in [3.05, 3.63) is 143 Å². The van der Waals surface area contributed by atoms with Crippen LogP contribution in [0, 0.1) is 5.41 Å². The first kappa shape index (κ1) is 31.4. The highest BCUT2D eigenvalue weighted by atomic mass is 15.0. The van der Waals surface area contributed by atoms with Crippen LogP contribution in [-0.4, -0.2) is 9.13 Å². The molecule has 4 heterocycles. The summed E-state index contributed by atoms with van der Waals surface area (Å²) < 4.78 is 5.13. The zero-order chi connectivity index (χ0) is 36.8. The zero-order valence-corrected chi connectivity index (χ0v) is 32.8. The molecule has 2 aromatic heterocycles. The van der Waals surface area contributed by atoms with E-state index < -0.39 is 0 Å². The van der Waals surface area contributed by atoms with Crippen molar-refractivity contribution in [3.63, 3.8) is 0 Å². The molecule has 0 N–H and O–H groups in total. The molecular formula is C51H48N2. The van der Waals surface area contributed by atoms with E-state index in [2.05, 4.69) is 188 Å². The number of rotatable bonds is 2. The smallest absolute Gasteiger partial charge is 0.0582 e. The minimum Gasteiger partial charge on any atom is -0.309 e. The molecule has 6 aromatic carbocycles. The predicted octanol–water partition coefficient (Wildman–Crippen LogP) is 13.4. The summed E-state index contributed by atoms with van der Waals surface area (Å²) in [4.78, 5) is 0. The summed E-state index contributed by atoms with van der Waals surface area (Å²) in [5.74, 6) is 0. The Kier molecular flexibility index (Phi) is 5.54. The van der Waals surface area contributed by atoms with Crippen LogP contribution in [-0.2, 0) is 21.7 Å². The fourth-order valence-corrected chi connectivity index (χ4v) is 11.4. The van der Waals surface area contributed by atoms with E-state index in [1.54, 1.807) is 0 Å². The Hall–Kier alpha value is -5.08. The average Bonchev–Trinajstić information content (AvgIpc) is 3.68.